The van der Waals surface area contributed by atoms with Crippen LogP contribution < -0.4 is 0 Å². The predicted molar refractivity (Wildman–Crippen MR) is 64.9 cm³/mol. The minimum atomic E-state index is -0.723. The molecular weight excluding hydrogens is 222 g/mol. The van der Waals surface area contributed by atoms with E-state index in [0.29, 0.717) is 6.04 Å². The Morgan fingerprint density at radius 3 is 3.12 bits per heavy atom. The van der Waals surface area contributed by atoms with E-state index < -0.39 is 12.0 Å². The normalized spacial score (nSPS) is 22.8. The Balaban J connectivity index is 2.34. The summed E-state index contributed by atoms with van der Waals surface area (Å²) in [5.41, 5.74) is 1.00. The molecule has 4 heteroatoms. The number of nitrogens with zero attached hydrogens (tertiary/aromatic N) is 1. The van der Waals surface area contributed by atoms with Gasteiger partial charge < -0.3 is 5.11 Å². The van der Waals surface area contributed by atoms with Gasteiger partial charge in [0.05, 0.1) is 0 Å². The third kappa shape index (κ3) is 1.87. The third-order valence-electron chi connectivity index (χ3n) is 3.39. The van der Waals surface area contributed by atoms with Crippen molar-refractivity contribution in [3.63, 3.8) is 0 Å². The summed E-state index contributed by atoms with van der Waals surface area (Å²) in [6.07, 6.45) is 1.98. The Labute approximate surface area is 99.7 Å². The second kappa shape index (κ2) is 4.55. The van der Waals surface area contributed by atoms with E-state index in [4.69, 9.17) is 0 Å². The van der Waals surface area contributed by atoms with Crippen LogP contribution in [0.4, 0.5) is 0 Å². The van der Waals surface area contributed by atoms with Gasteiger partial charge in [0.1, 0.15) is 6.04 Å². The summed E-state index contributed by atoms with van der Waals surface area (Å²) in [6, 6.07) is 1.85. The third-order valence-corrected chi connectivity index (χ3v) is 4.39. The van der Waals surface area contributed by atoms with Crippen molar-refractivity contribution in [2.75, 3.05) is 6.54 Å². The SMILES string of the molecule is CCC(C)N1CCc2sccc2C1C(=O)O. The molecule has 88 valence electrons. The fourth-order valence-electron chi connectivity index (χ4n) is 2.32. The molecule has 2 rings (SSSR count). The maximum Gasteiger partial charge on any atom is 0.325 e. The predicted octanol–water partition coefficient (Wildman–Crippen LogP) is 2.53. The Kier molecular flexibility index (Phi) is 3.30. The Hall–Kier alpha value is -0.870. The van der Waals surface area contributed by atoms with Gasteiger partial charge in [0.2, 0.25) is 0 Å². The molecule has 1 aromatic rings. The van der Waals surface area contributed by atoms with E-state index in [1.165, 1.54) is 4.88 Å². The van der Waals surface area contributed by atoms with Gasteiger partial charge in [-0.15, -0.1) is 11.3 Å². The minimum Gasteiger partial charge on any atom is -0.480 e. The molecule has 1 aliphatic rings. The lowest BCUT2D eigenvalue weighted by Crippen LogP contribution is -2.44. The van der Waals surface area contributed by atoms with Crippen LogP contribution >= 0.6 is 11.3 Å². The van der Waals surface area contributed by atoms with Crippen molar-refractivity contribution in [1.29, 1.82) is 0 Å². The molecule has 0 amide bonds. The summed E-state index contributed by atoms with van der Waals surface area (Å²) in [4.78, 5) is 14.8. The first-order chi connectivity index (χ1) is 7.65. The fourth-order valence-corrected chi connectivity index (χ4v) is 3.22. The summed E-state index contributed by atoms with van der Waals surface area (Å²) in [6.45, 7) is 5.07. The Bertz CT molecular complexity index is 388. The smallest absolute Gasteiger partial charge is 0.325 e. The summed E-state index contributed by atoms with van der Waals surface area (Å²) in [5, 5.41) is 11.4. The van der Waals surface area contributed by atoms with E-state index in [-0.39, 0.29) is 0 Å². The number of hydrogen-bond acceptors (Lipinski definition) is 3. The van der Waals surface area contributed by atoms with Crippen molar-refractivity contribution < 1.29 is 9.90 Å². The van der Waals surface area contributed by atoms with Gasteiger partial charge in [0, 0.05) is 17.5 Å². The zero-order valence-electron chi connectivity index (χ0n) is 9.64. The fraction of sp³-hybridized carbons (Fsp3) is 0.583. The molecule has 0 aromatic carbocycles. The van der Waals surface area contributed by atoms with Crippen LogP contribution in [-0.2, 0) is 11.2 Å². The van der Waals surface area contributed by atoms with E-state index in [1.54, 1.807) is 11.3 Å². The highest BCUT2D eigenvalue weighted by atomic mass is 32.1. The van der Waals surface area contributed by atoms with E-state index in [0.717, 1.165) is 24.9 Å². The molecule has 2 heterocycles. The highest BCUT2D eigenvalue weighted by Gasteiger charge is 2.35. The summed E-state index contributed by atoms with van der Waals surface area (Å²) in [5.74, 6) is -0.723. The first-order valence-electron chi connectivity index (χ1n) is 5.70. The second-order valence-electron chi connectivity index (χ2n) is 4.28. The topological polar surface area (TPSA) is 40.5 Å². The standard InChI is InChI=1S/C12H17NO2S/c1-3-8(2)13-6-4-10-9(5-7-16-10)11(13)12(14)15/h5,7-8,11H,3-4,6H2,1-2H3,(H,14,15). The van der Waals surface area contributed by atoms with Crippen LogP contribution in [0, 0.1) is 0 Å². The molecule has 3 nitrogen and oxygen atoms in total. The highest BCUT2D eigenvalue weighted by molar-refractivity contribution is 7.10. The number of carboxylic acids is 1. The monoisotopic (exact) mass is 239 g/mol. The van der Waals surface area contributed by atoms with Crippen LogP contribution in [0.1, 0.15) is 36.8 Å². The molecule has 1 aliphatic heterocycles. The van der Waals surface area contributed by atoms with Crippen molar-refractivity contribution in [1.82, 2.24) is 4.90 Å². The van der Waals surface area contributed by atoms with E-state index in [2.05, 4.69) is 18.7 Å². The van der Waals surface area contributed by atoms with Crippen molar-refractivity contribution >= 4 is 17.3 Å². The number of carboxylic acid groups (broad SMARTS) is 1. The lowest BCUT2D eigenvalue weighted by molar-refractivity contribution is -0.145. The van der Waals surface area contributed by atoms with Gasteiger partial charge >= 0.3 is 5.97 Å². The van der Waals surface area contributed by atoms with E-state index in [9.17, 15) is 9.90 Å². The van der Waals surface area contributed by atoms with Crippen LogP contribution in [0.15, 0.2) is 11.4 Å². The van der Waals surface area contributed by atoms with Crippen LogP contribution in [0.3, 0.4) is 0 Å². The van der Waals surface area contributed by atoms with Crippen LogP contribution in [0.5, 0.6) is 0 Å². The first-order valence-corrected chi connectivity index (χ1v) is 6.58. The van der Waals surface area contributed by atoms with Gasteiger partial charge in [-0.2, -0.15) is 0 Å². The molecule has 0 bridgehead atoms. The van der Waals surface area contributed by atoms with E-state index >= 15 is 0 Å². The van der Waals surface area contributed by atoms with Crippen molar-refractivity contribution in [2.24, 2.45) is 0 Å². The molecule has 0 aliphatic carbocycles. The molecule has 0 saturated carbocycles. The van der Waals surface area contributed by atoms with Crippen LogP contribution in [-0.4, -0.2) is 28.6 Å². The van der Waals surface area contributed by atoms with Gasteiger partial charge in [-0.3, -0.25) is 9.69 Å². The van der Waals surface area contributed by atoms with Gasteiger partial charge in [0.15, 0.2) is 0 Å². The zero-order valence-corrected chi connectivity index (χ0v) is 10.5. The molecule has 0 saturated heterocycles. The molecule has 2 atom stereocenters. The second-order valence-corrected chi connectivity index (χ2v) is 5.29. The van der Waals surface area contributed by atoms with Crippen LogP contribution in [0.25, 0.3) is 0 Å². The number of aliphatic carboxylic acids is 1. The molecule has 2 unspecified atom stereocenters. The number of fused-ring (bicyclic) bond motifs is 1. The first kappa shape index (κ1) is 11.6. The molecule has 16 heavy (non-hydrogen) atoms. The van der Waals surface area contributed by atoms with E-state index in [1.807, 2.05) is 11.4 Å². The number of rotatable bonds is 3. The van der Waals surface area contributed by atoms with Gasteiger partial charge in [-0.05, 0) is 36.8 Å². The van der Waals surface area contributed by atoms with Gasteiger partial charge in [-0.25, -0.2) is 0 Å². The molecule has 1 aromatic heterocycles. The summed E-state index contributed by atoms with van der Waals surface area (Å²) >= 11 is 1.68. The highest BCUT2D eigenvalue weighted by Crippen LogP contribution is 2.34. The van der Waals surface area contributed by atoms with Crippen molar-refractivity contribution in [3.8, 4) is 0 Å². The van der Waals surface area contributed by atoms with Crippen LogP contribution in [0.2, 0.25) is 0 Å². The quantitative estimate of drug-likeness (QED) is 0.881. The molecule has 0 radical (unpaired) electrons. The van der Waals surface area contributed by atoms with Crippen molar-refractivity contribution in [3.05, 3.63) is 21.9 Å². The average molecular weight is 239 g/mol. The van der Waals surface area contributed by atoms with Crippen molar-refractivity contribution in [2.45, 2.75) is 38.8 Å². The number of carbonyl (C=O) groups is 1. The molecule has 1 N–H and O–H groups in total. The summed E-state index contributed by atoms with van der Waals surface area (Å²) in [7, 11) is 0. The Morgan fingerprint density at radius 2 is 2.50 bits per heavy atom. The average Bonchev–Trinajstić information content (AvgIpc) is 2.73. The maximum absolute atomic E-state index is 11.4. The molecular formula is C12H17NO2S. The molecule has 0 fully saturated rings. The number of thiophene rings is 1. The van der Waals surface area contributed by atoms with Gasteiger partial charge in [0.25, 0.3) is 0 Å². The largest absolute Gasteiger partial charge is 0.480 e. The Morgan fingerprint density at radius 1 is 1.75 bits per heavy atom. The number of hydrogen-bond donors (Lipinski definition) is 1. The zero-order chi connectivity index (χ0) is 11.7. The lowest BCUT2D eigenvalue weighted by atomic mass is 9.97. The molecule has 0 spiro atoms. The lowest BCUT2D eigenvalue weighted by Gasteiger charge is -2.37. The maximum atomic E-state index is 11.4. The van der Waals surface area contributed by atoms with Gasteiger partial charge in [-0.1, -0.05) is 6.92 Å². The summed E-state index contributed by atoms with van der Waals surface area (Å²) < 4.78 is 0. The minimum absolute atomic E-state index is 0.328.